The van der Waals surface area contributed by atoms with E-state index in [4.69, 9.17) is 9.84 Å². The van der Waals surface area contributed by atoms with Crippen LogP contribution in [0.5, 0.6) is 0 Å². The lowest BCUT2D eigenvalue weighted by Gasteiger charge is -2.19. The van der Waals surface area contributed by atoms with Crippen molar-refractivity contribution in [3.8, 4) is 11.1 Å². The molecule has 2 atom stereocenters. The fourth-order valence-corrected chi connectivity index (χ4v) is 4.37. The zero-order chi connectivity index (χ0) is 24.5. The van der Waals surface area contributed by atoms with Gasteiger partial charge in [-0.3, -0.25) is 9.59 Å². The van der Waals surface area contributed by atoms with E-state index in [0.717, 1.165) is 17.5 Å². The maximum atomic E-state index is 12.5. The van der Waals surface area contributed by atoms with Crippen LogP contribution in [0.2, 0.25) is 0 Å². The molecule has 182 valence electrons. The lowest BCUT2D eigenvalue weighted by atomic mass is 9.98. The molecule has 1 aliphatic rings. The molecule has 7 nitrogen and oxygen atoms in total. The number of alkyl carbamates (subject to hydrolysis) is 1. The Hall–Kier alpha value is -3.35. The van der Waals surface area contributed by atoms with Crippen LogP contribution in [-0.4, -0.2) is 42.3 Å². The number of carbonyl (C=O) groups excluding carboxylic acids is 2. The Balaban J connectivity index is 1.44. The van der Waals surface area contributed by atoms with Gasteiger partial charge in [-0.1, -0.05) is 62.4 Å². The van der Waals surface area contributed by atoms with E-state index in [1.807, 2.05) is 38.1 Å². The summed E-state index contributed by atoms with van der Waals surface area (Å²) in [7, 11) is 0. The summed E-state index contributed by atoms with van der Waals surface area (Å²) in [6.45, 7) is 4.61. The SMILES string of the molecule is CCC(CC(=O)NCCC(C)CCC(=O)O)NC(=O)OCC1c2ccccc2-c2ccccc21. The van der Waals surface area contributed by atoms with Gasteiger partial charge in [0.25, 0.3) is 0 Å². The molecular weight excluding hydrogens is 432 g/mol. The number of fused-ring (bicyclic) bond motifs is 3. The van der Waals surface area contributed by atoms with Crippen molar-refractivity contribution in [3.05, 3.63) is 59.7 Å². The molecule has 0 aromatic heterocycles. The summed E-state index contributed by atoms with van der Waals surface area (Å²) in [6.07, 6.45) is 1.69. The summed E-state index contributed by atoms with van der Waals surface area (Å²) >= 11 is 0. The predicted octanol–water partition coefficient (Wildman–Crippen LogP) is 4.70. The molecule has 0 bridgehead atoms. The first-order valence-corrected chi connectivity index (χ1v) is 12.0. The second-order valence-electron chi connectivity index (χ2n) is 8.96. The number of hydrogen-bond acceptors (Lipinski definition) is 4. The van der Waals surface area contributed by atoms with E-state index in [1.54, 1.807) is 0 Å². The van der Waals surface area contributed by atoms with Crippen LogP contribution < -0.4 is 10.6 Å². The minimum atomic E-state index is -0.805. The van der Waals surface area contributed by atoms with Crippen LogP contribution in [0.25, 0.3) is 11.1 Å². The van der Waals surface area contributed by atoms with Crippen molar-refractivity contribution < 1.29 is 24.2 Å². The zero-order valence-electron chi connectivity index (χ0n) is 19.9. The molecule has 7 heteroatoms. The molecule has 34 heavy (non-hydrogen) atoms. The number of carboxylic acids is 1. The van der Waals surface area contributed by atoms with E-state index in [1.165, 1.54) is 11.1 Å². The number of rotatable bonds is 12. The maximum absolute atomic E-state index is 12.5. The third-order valence-electron chi connectivity index (χ3n) is 6.40. The highest BCUT2D eigenvalue weighted by molar-refractivity contribution is 5.79. The van der Waals surface area contributed by atoms with Gasteiger partial charge >= 0.3 is 12.1 Å². The lowest BCUT2D eigenvalue weighted by molar-refractivity contribution is -0.137. The number of nitrogens with one attached hydrogen (secondary N) is 2. The summed E-state index contributed by atoms with van der Waals surface area (Å²) < 4.78 is 5.58. The Morgan fingerprint density at radius 1 is 1.00 bits per heavy atom. The fourth-order valence-electron chi connectivity index (χ4n) is 4.37. The van der Waals surface area contributed by atoms with Gasteiger partial charge in [-0.15, -0.1) is 0 Å². The minimum Gasteiger partial charge on any atom is -0.481 e. The van der Waals surface area contributed by atoms with Crippen LogP contribution in [0.15, 0.2) is 48.5 Å². The van der Waals surface area contributed by atoms with Crippen LogP contribution in [-0.2, 0) is 14.3 Å². The van der Waals surface area contributed by atoms with Gasteiger partial charge in [-0.25, -0.2) is 4.79 Å². The Bertz CT molecular complexity index is 961. The summed E-state index contributed by atoms with van der Waals surface area (Å²) in [5, 5.41) is 14.4. The molecule has 0 spiro atoms. The smallest absolute Gasteiger partial charge is 0.407 e. The van der Waals surface area contributed by atoms with Gasteiger partial charge in [0.1, 0.15) is 6.61 Å². The molecule has 0 saturated carbocycles. The first-order valence-electron chi connectivity index (χ1n) is 12.0. The average molecular weight is 467 g/mol. The largest absolute Gasteiger partial charge is 0.481 e. The Labute approximate surface area is 200 Å². The number of carbonyl (C=O) groups is 3. The van der Waals surface area contributed by atoms with Crippen molar-refractivity contribution in [3.63, 3.8) is 0 Å². The number of carboxylic acid groups (broad SMARTS) is 1. The van der Waals surface area contributed by atoms with Crippen molar-refractivity contribution in [2.24, 2.45) is 5.92 Å². The van der Waals surface area contributed by atoms with Crippen LogP contribution in [0, 0.1) is 5.92 Å². The standard InChI is InChI=1S/C27H34N2O5/c1-3-19(16-25(30)28-15-14-18(2)12-13-26(31)32)29-27(33)34-17-24-22-10-6-4-8-20(22)21-9-5-7-11-23(21)24/h4-11,18-19,24H,3,12-17H2,1-2H3,(H,28,30)(H,29,33)(H,31,32). The van der Waals surface area contributed by atoms with Crippen molar-refractivity contribution in [2.75, 3.05) is 13.2 Å². The molecule has 0 heterocycles. The third kappa shape index (κ3) is 6.83. The van der Waals surface area contributed by atoms with Gasteiger partial charge in [-0.05, 0) is 47.4 Å². The first kappa shape index (κ1) is 25.3. The summed E-state index contributed by atoms with van der Waals surface area (Å²) in [4.78, 5) is 35.4. The Kier molecular flexibility index (Phi) is 9.08. The number of hydrogen-bond donors (Lipinski definition) is 3. The van der Waals surface area contributed by atoms with Gasteiger partial charge in [0.2, 0.25) is 5.91 Å². The molecule has 0 fully saturated rings. The Morgan fingerprint density at radius 3 is 2.21 bits per heavy atom. The highest BCUT2D eigenvalue weighted by atomic mass is 16.5. The zero-order valence-corrected chi connectivity index (χ0v) is 19.9. The van der Waals surface area contributed by atoms with E-state index >= 15 is 0 Å². The highest BCUT2D eigenvalue weighted by Crippen LogP contribution is 2.44. The molecule has 2 aromatic rings. The minimum absolute atomic E-state index is 0.00959. The molecule has 2 aromatic carbocycles. The molecule has 3 rings (SSSR count). The summed E-state index contributed by atoms with van der Waals surface area (Å²) in [5.74, 6) is -0.737. The molecule has 1 aliphatic carbocycles. The molecule has 0 aliphatic heterocycles. The molecular formula is C27H34N2O5. The van der Waals surface area contributed by atoms with Gasteiger partial charge in [0, 0.05) is 31.3 Å². The van der Waals surface area contributed by atoms with Crippen LogP contribution in [0.4, 0.5) is 4.79 Å². The maximum Gasteiger partial charge on any atom is 0.407 e. The highest BCUT2D eigenvalue weighted by Gasteiger charge is 2.29. The van der Waals surface area contributed by atoms with Gasteiger partial charge in [0.05, 0.1) is 0 Å². The van der Waals surface area contributed by atoms with E-state index in [0.29, 0.717) is 19.4 Å². The van der Waals surface area contributed by atoms with Gasteiger partial charge in [-0.2, -0.15) is 0 Å². The van der Waals surface area contributed by atoms with Gasteiger partial charge in [0.15, 0.2) is 0 Å². The van der Waals surface area contributed by atoms with E-state index in [-0.39, 0.29) is 43.2 Å². The number of aliphatic carboxylic acids is 1. The van der Waals surface area contributed by atoms with Crippen molar-refractivity contribution in [1.82, 2.24) is 10.6 Å². The van der Waals surface area contributed by atoms with Crippen molar-refractivity contribution >= 4 is 18.0 Å². The van der Waals surface area contributed by atoms with Crippen molar-refractivity contribution in [1.29, 1.82) is 0 Å². The summed E-state index contributed by atoms with van der Waals surface area (Å²) in [5.41, 5.74) is 4.65. The van der Waals surface area contributed by atoms with Gasteiger partial charge < -0.3 is 20.5 Å². The topological polar surface area (TPSA) is 105 Å². The van der Waals surface area contributed by atoms with Crippen molar-refractivity contribution in [2.45, 2.75) is 57.9 Å². The van der Waals surface area contributed by atoms with E-state index < -0.39 is 12.1 Å². The van der Waals surface area contributed by atoms with Crippen LogP contribution >= 0.6 is 0 Å². The Morgan fingerprint density at radius 2 is 1.62 bits per heavy atom. The molecule has 3 N–H and O–H groups in total. The quantitative estimate of drug-likeness (QED) is 0.421. The number of ether oxygens (including phenoxy) is 1. The summed E-state index contributed by atoms with van der Waals surface area (Å²) in [6, 6.07) is 16.0. The van der Waals surface area contributed by atoms with Crippen LogP contribution in [0.1, 0.15) is 63.0 Å². The number of amides is 2. The molecule has 2 unspecified atom stereocenters. The predicted molar refractivity (Wildman–Crippen MR) is 131 cm³/mol. The third-order valence-corrected chi connectivity index (χ3v) is 6.40. The molecule has 0 saturated heterocycles. The molecule has 2 amide bonds. The second kappa shape index (κ2) is 12.2. The van der Waals surface area contributed by atoms with E-state index in [9.17, 15) is 14.4 Å². The first-order chi connectivity index (χ1) is 16.4. The fraction of sp³-hybridized carbons (Fsp3) is 0.444. The average Bonchev–Trinajstić information content (AvgIpc) is 3.14. The molecule has 0 radical (unpaired) electrons. The lowest BCUT2D eigenvalue weighted by Crippen LogP contribution is -2.39. The number of benzene rings is 2. The monoisotopic (exact) mass is 466 g/mol. The second-order valence-corrected chi connectivity index (χ2v) is 8.96. The normalized spacial score (nSPS) is 13.9. The van der Waals surface area contributed by atoms with E-state index in [2.05, 4.69) is 34.9 Å². The van der Waals surface area contributed by atoms with Crippen LogP contribution in [0.3, 0.4) is 0 Å².